The Morgan fingerprint density at radius 2 is 2.16 bits per heavy atom. The summed E-state index contributed by atoms with van der Waals surface area (Å²) in [5.41, 5.74) is 4.40. The van der Waals surface area contributed by atoms with Crippen LogP contribution in [0.5, 0.6) is 0 Å². The van der Waals surface area contributed by atoms with Crippen LogP contribution in [0.4, 0.5) is 0 Å². The number of amides is 1. The largest absolute Gasteiger partial charge is 0.335 e. The molecule has 0 aliphatic carbocycles. The van der Waals surface area contributed by atoms with Crippen molar-refractivity contribution in [2.45, 2.75) is 76.8 Å². The van der Waals surface area contributed by atoms with E-state index in [1.165, 1.54) is 48.8 Å². The molecule has 1 N–H and O–H groups in total. The van der Waals surface area contributed by atoms with Gasteiger partial charge in [0.25, 0.3) is 0 Å². The van der Waals surface area contributed by atoms with Crippen LogP contribution in [0.25, 0.3) is 0 Å². The van der Waals surface area contributed by atoms with E-state index >= 15 is 0 Å². The first-order valence-electron chi connectivity index (χ1n) is 10.4. The third-order valence-electron chi connectivity index (χ3n) is 6.55. The van der Waals surface area contributed by atoms with Crippen LogP contribution in [-0.4, -0.2) is 29.9 Å². The summed E-state index contributed by atoms with van der Waals surface area (Å²) in [6.45, 7) is 4.26. The average molecular weight is 341 g/mol. The number of benzene rings is 1. The SMILES string of the molecule is CCCCCCc1ccc2c(c1)CCN1C(=O)[C@H]3CCCN[C@H]3C[C@@H]21. The Labute approximate surface area is 152 Å². The summed E-state index contributed by atoms with van der Waals surface area (Å²) in [6, 6.07) is 7.78. The highest BCUT2D eigenvalue weighted by Gasteiger charge is 2.44. The molecule has 0 unspecified atom stereocenters. The number of nitrogens with one attached hydrogen (secondary N) is 1. The van der Waals surface area contributed by atoms with Crippen molar-refractivity contribution in [2.24, 2.45) is 5.92 Å². The van der Waals surface area contributed by atoms with Gasteiger partial charge in [-0.15, -0.1) is 0 Å². The summed E-state index contributed by atoms with van der Waals surface area (Å²) in [5.74, 6) is 0.632. The van der Waals surface area contributed by atoms with Crippen molar-refractivity contribution in [1.82, 2.24) is 10.2 Å². The van der Waals surface area contributed by atoms with E-state index in [-0.39, 0.29) is 5.92 Å². The third kappa shape index (κ3) is 3.36. The van der Waals surface area contributed by atoms with Gasteiger partial charge in [0.2, 0.25) is 5.91 Å². The van der Waals surface area contributed by atoms with E-state index in [2.05, 4.69) is 35.3 Å². The van der Waals surface area contributed by atoms with Crippen LogP contribution in [0, 0.1) is 5.92 Å². The molecule has 3 atom stereocenters. The van der Waals surface area contributed by atoms with Crippen molar-refractivity contribution in [2.75, 3.05) is 13.1 Å². The van der Waals surface area contributed by atoms with Gasteiger partial charge in [-0.25, -0.2) is 0 Å². The van der Waals surface area contributed by atoms with Gasteiger partial charge in [-0.1, -0.05) is 44.4 Å². The van der Waals surface area contributed by atoms with Crippen molar-refractivity contribution in [1.29, 1.82) is 0 Å². The van der Waals surface area contributed by atoms with Gasteiger partial charge in [-0.2, -0.15) is 0 Å². The average Bonchev–Trinajstić information content (AvgIpc) is 2.65. The normalized spacial score (nSPS) is 28.3. The zero-order valence-corrected chi connectivity index (χ0v) is 15.6. The van der Waals surface area contributed by atoms with Crippen LogP contribution in [0.1, 0.15) is 74.6 Å². The predicted molar refractivity (Wildman–Crippen MR) is 102 cm³/mol. The van der Waals surface area contributed by atoms with Gasteiger partial charge in [-0.3, -0.25) is 4.79 Å². The van der Waals surface area contributed by atoms with E-state index in [1.54, 1.807) is 0 Å². The molecule has 3 aliphatic heterocycles. The summed E-state index contributed by atoms with van der Waals surface area (Å²) < 4.78 is 0. The number of nitrogens with zero attached hydrogens (tertiary/aromatic N) is 1. The van der Waals surface area contributed by atoms with E-state index < -0.39 is 0 Å². The number of aryl methyl sites for hydroxylation is 1. The number of carbonyl (C=O) groups excluding carboxylic acids is 1. The first-order chi connectivity index (χ1) is 12.3. The maximum Gasteiger partial charge on any atom is 0.227 e. The fourth-order valence-corrected chi connectivity index (χ4v) is 5.14. The molecular weight excluding hydrogens is 308 g/mol. The zero-order valence-electron chi connectivity index (χ0n) is 15.6. The van der Waals surface area contributed by atoms with Gasteiger partial charge in [0.05, 0.1) is 12.0 Å². The Kier molecular flexibility index (Phi) is 5.12. The maximum absolute atomic E-state index is 13.0. The lowest BCUT2D eigenvalue weighted by atomic mass is 9.77. The molecule has 136 valence electrons. The fourth-order valence-electron chi connectivity index (χ4n) is 5.14. The summed E-state index contributed by atoms with van der Waals surface area (Å²) >= 11 is 0. The molecule has 3 aliphatic rings. The molecule has 4 rings (SSSR count). The first-order valence-corrected chi connectivity index (χ1v) is 10.4. The van der Waals surface area contributed by atoms with Crippen LogP contribution >= 0.6 is 0 Å². The van der Waals surface area contributed by atoms with Crippen LogP contribution in [0.2, 0.25) is 0 Å². The van der Waals surface area contributed by atoms with Gasteiger partial charge in [0.1, 0.15) is 0 Å². The van der Waals surface area contributed by atoms with Crippen LogP contribution in [-0.2, 0) is 17.6 Å². The van der Waals surface area contributed by atoms with Gasteiger partial charge in [0.15, 0.2) is 0 Å². The zero-order chi connectivity index (χ0) is 17.2. The monoisotopic (exact) mass is 340 g/mol. The van der Waals surface area contributed by atoms with Crippen LogP contribution in [0.15, 0.2) is 18.2 Å². The lowest BCUT2D eigenvalue weighted by Crippen LogP contribution is -2.57. The number of hydrogen-bond donors (Lipinski definition) is 1. The summed E-state index contributed by atoms with van der Waals surface area (Å²) in [5, 5.41) is 3.62. The highest BCUT2D eigenvalue weighted by Crippen LogP contribution is 2.41. The molecular formula is C22H32N2O. The Bertz CT molecular complexity index is 626. The Hall–Kier alpha value is -1.35. The van der Waals surface area contributed by atoms with Gasteiger partial charge >= 0.3 is 0 Å². The molecule has 0 bridgehead atoms. The first kappa shape index (κ1) is 17.1. The van der Waals surface area contributed by atoms with E-state index in [4.69, 9.17) is 0 Å². The van der Waals surface area contributed by atoms with Crippen molar-refractivity contribution < 1.29 is 4.79 Å². The predicted octanol–water partition coefficient (Wildman–Crippen LogP) is 4.01. The van der Waals surface area contributed by atoms with E-state index in [0.717, 1.165) is 38.8 Å². The van der Waals surface area contributed by atoms with Gasteiger partial charge < -0.3 is 10.2 Å². The molecule has 2 saturated heterocycles. The van der Waals surface area contributed by atoms with Gasteiger partial charge in [0, 0.05) is 12.6 Å². The minimum absolute atomic E-state index is 0.226. The molecule has 0 spiro atoms. The highest BCUT2D eigenvalue weighted by molar-refractivity contribution is 5.81. The second-order valence-electron chi connectivity index (χ2n) is 8.19. The second kappa shape index (κ2) is 7.49. The standard InChI is InChI=1S/C22H32N2O/c1-2-3-4-5-7-16-9-10-18-17(14-16)11-13-24-21(18)15-20-19(22(24)25)8-6-12-23-20/h9-10,14,19-21,23H,2-8,11-13,15H2,1H3/t19-,20-,21-/m0/s1. The van der Waals surface area contributed by atoms with E-state index in [9.17, 15) is 4.79 Å². The van der Waals surface area contributed by atoms with Gasteiger partial charge in [-0.05, 0) is 61.8 Å². The minimum Gasteiger partial charge on any atom is -0.335 e. The number of unbranched alkanes of at least 4 members (excludes halogenated alkanes) is 3. The topological polar surface area (TPSA) is 32.3 Å². The maximum atomic E-state index is 13.0. The summed E-state index contributed by atoms with van der Waals surface area (Å²) in [7, 11) is 0. The molecule has 0 radical (unpaired) electrons. The Morgan fingerprint density at radius 3 is 3.04 bits per heavy atom. The smallest absolute Gasteiger partial charge is 0.227 e. The molecule has 1 aromatic carbocycles. The minimum atomic E-state index is 0.226. The molecule has 1 aromatic rings. The third-order valence-corrected chi connectivity index (χ3v) is 6.55. The number of piperidine rings is 2. The molecule has 1 amide bonds. The second-order valence-corrected chi connectivity index (χ2v) is 8.19. The van der Waals surface area contributed by atoms with Crippen molar-refractivity contribution in [3.63, 3.8) is 0 Å². The van der Waals surface area contributed by atoms with E-state index in [1.807, 2.05) is 0 Å². The molecule has 25 heavy (non-hydrogen) atoms. The van der Waals surface area contributed by atoms with Crippen molar-refractivity contribution >= 4 is 5.91 Å². The summed E-state index contributed by atoms with van der Waals surface area (Å²) in [6.07, 6.45) is 10.8. The quantitative estimate of drug-likeness (QED) is 0.822. The summed E-state index contributed by atoms with van der Waals surface area (Å²) in [4.78, 5) is 15.2. The van der Waals surface area contributed by atoms with Crippen LogP contribution < -0.4 is 5.32 Å². The highest BCUT2D eigenvalue weighted by atomic mass is 16.2. The Morgan fingerprint density at radius 1 is 1.24 bits per heavy atom. The number of rotatable bonds is 5. The lowest BCUT2D eigenvalue weighted by molar-refractivity contribution is -0.145. The Balaban J connectivity index is 1.50. The molecule has 3 heterocycles. The molecule has 3 nitrogen and oxygen atoms in total. The number of fused-ring (bicyclic) bond motifs is 4. The fraction of sp³-hybridized carbons (Fsp3) is 0.682. The van der Waals surface area contributed by atoms with E-state index in [0.29, 0.717) is 18.0 Å². The number of carbonyl (C=O) groups is 1. The van der Waals surface area contributed by atoms with Crippen LogP contribution in [0.3, 0.4) is 0 Å². The molecule has 0 saturated carbocycles. The van der Waals surface area contributed by atoms with Crippen molar-refractivity contribution in [3.05, 3.63) is 34.9 Å². The molecule has 0 aromatic heterocycles. The lowest BCUT2D eigenvalue weighted by Gasteiger charge is -2.48. The van der Waals surface area contributed by atoms with Crippen molar-refractivity contribution in [3.8, 4) is 0 Å². The molecule has 2 fully saturated rings. The number of hydrogen-bond acceptors (Lipinski definition) is 2. The molecule has 3 heteroatoms.